The van der Waals surface area contributed by atoms with E-state index in [1.165, 1.54) is 13.8 Å². The lowest BCUT2D eigenvalue weighted by molar-refractivity contribution is -0.132. The van der Waals surface area contributed by atoms with Gasteiger partial charge in [0.25, 0.3) is 0 Å². The zero-order valence-corrected chi connectivity index (χ0v) is 13.7. The summed E-state index contributed by atoms with van der Waals surface area (Å²) in [5, 5.41) is 5.63. The summed E-state index contributed by atoms with van der Waals surface area (Å²) in [6, 6.07) is 10.0. The first-order valence-electron chi connectivity index (χ1n) is 7.08. The van der Waals surface area contributed by atoms with E-state index in [4.69, 9.17) is 21.1 Å². The Labute approximate surface area is 142 Å². The van der Waals surface area contributed by atoms with Crippen LogP contribution in [0.2, 0.25) is 5.02 Å². The van der Waals surface area contributed by atoms with Crippen LogP contribution < -0.4 is 9.47 Å². The minimum Gasteiger partial charge on any atom is -0.427 e. The van der Waals surface area contributed by atoms with Crippen LogP contribution >= 0.6 is 11.6 Å². The van der Waals surface area contributed by atoms with E-state index in [1.54, 1.807) is 47.3 Å². The SMILES string of the molecule is CC(=O)Oc1ccc(-n2cc3cc(OC(C)=O)ccc3n2)c(Cl)c1. The van der Waals surface area contributed by atoms with E-state index in [-0.39, 0.29) is 5.97 Å². The Morgan fingerprint density at radius 2 is 1.62 bits per heavy atom. The van der Waals surface area contributed by atoms with E-state index in [1.807, 2.05) is 0 Å². The molecule has 0 saturated carbocycles. The molecule has 0 spiro atoms. The molecule has 3 aromatic rings. The van der Waals surface area contributed by atoms with Gasteiger partial charge in [-0.1, -0.05) is 11.6 Å². The molecule has 1 heterocycles. The lowest BCUT2D eigenvalue weighted by Crippen LogP contribution is -2.02. The summed E-state index contributed by atoms with van der Waals surface area (Å²) < 4.78 is 11.7. The van der Waals surface area contributed by atoms with Crippen LogP contribution in [-0.2, 0) is 9.59 Å². The predicted molar refractivity (Wildman–Crippen MR) is 88.7 cm³/mol. The lowest BCUT2D eigenvalue weighted by atomic mass is 10.2. The molecule has 24 heavy (non-hydrogen) atoms. The van der Waals surface area contributed by atoms with Gasteiger partial charge >= 0.3 is 11.9 Å². The third-order valence-electron chi connectivity index (χ3n) is 3.16. The number of aromatic nitrogens is 2. The van der Waals surface area contributed by atoms with Gasteiger partial charge < -0.3 is 9.47 Å². The van der Waals surface area contributed by atoms with Crippen LogP contribution in [0.1, 0.15) is 13.8 Å². The Morgan fingerprint density at radius 3 is 2.25 bits per heavy atom. The molecule has 0 aliphatic rings. The molecule has 0 N–H and O–H groups in total. The third kappa shape index (κ3) is 3.38. The Kier molecular flexibility index (Phi) is 4.22. The normalized spacial score (nSPS) is 10.6. The summed E-state index contributed by atoms with van der Waals surface area (Å²) in [6.07, 6.45) is 1.77. The first-order chi connectivity index (χ1) is 11.4. The molecule has 0 unspecified atom stereocenters. The van der Waals surface area contributed by atoms with Gasteiger partial charge in [-0.05, 0) is 30.3 Å². The molecule has 3 rings (SSSR count). The van der Waals surface area contributed by atoms with Crippen LogP contribution in [0.3, 0.4) is 0 Å². The molecule has 0 aliphatic heterocycles. The van der Waals surface area contributed by atoms with E-state index >= 15 is 0 Å². The smallest absolute Gasteiger partial charge is 0.308 e. The van der Waals surface area contributed by atoms with Crippen molar-refractivity contribution in [2.75, 3.05) is 0 Å². The summed E-state index contributed by atoms with van der Waals surface area (Å²) in [7, 11) is 0. The highest BCUT2D eigenvalue weighted by Gasteiger charge is 2.10. The third-order valence-corrected chi connectivity index (χ3v) is 3.47. The molecular formula is C17H13ClN2O4. The molecule has 1 aromatic heterocycles. The van der Waals surface area contributed by atoms with E-state index < -0.39 is 5.97 Å². The van der Waals surface area contributed by atoms with Crippen molar-refractivity contribution in [2.45, 2.75) is 13.8 Å². The summed E-state index contributed by atoms with van der Waals surface area (Å²) >= 11 is 6.25. The number of rotatable bonds is 3. The standard InChI is InChI=1S/C17H13ClN2O4/c1-10(21)23-13-3-5-16-12(7-13)9-20(19-16)17-6-4-14(8-15(17)18)24-11(2)22/h3-9H,1-2H3. The highest BCUT2D eigenvalue weighted by atomic mass is 35.5. The van der Waals surface area contributed by atoms with Crippen LogP contribution in [0, 0.1) is 0 Å². The van der Waals surface area contributed by atoms with Crippen molar-refractivity contribution in [3.63, 3.8) is 0 Å². The van der Waals surface area contributed by atoms with E-state index in [0.29, 0.717) is 22.2 Å². The van der Waals surface area contributed by atoms with Gasteiger partial charge in [0.1, 0.15) is 11.5 Å². The first-order valence-corrected chi connectivity index (χ1v) is 7.46. The average molecular weight is 345 g/mol. The number of hydrogen-bond acceptors (Lipinski definition) is 5. The second kappa shape index (κ2) is 6.33. The Balaban J connectivity index is 1.97. The monoisotopic (exact) mass is 344 g/mol. The fourth-order valence-electron chi connectivity index (χ4n) is 2.26. The number of nitrogens with zero attached hydrogens (tertiary/aromatic N) is 2. The van der Waals surface area contributed by atoms with Gasteiger partial charge in [0, 0.05) is 31.5 Å². The number of carbonyl (C=O) groups excluding carboxylic acids is 2. The van der Waals surface area contributed by atoms with Crippen LogP contribution in [0.5, 0.6) is 11.5 Å². The summed E-state index contributed by atoms with van der Waals surface area (Å²) in [4.78, 5) is 22.0. The zero-order valence-electron chi connectivity index (χ0n) is 12.9. The van der Waals surface area contributed by atoms with Gasteiger partial charge in [0.2, 0.25) is 0 Å². The van der Waals surface area contributed by atoms with Crippen molar-refractivity contribution >= 4 is 34.4 Å². The van der Waals surface area contributed by atoms with Crippen molar-refractivity contribution in [1.82, 2.24) is 9.78 Å². The van der Waals surface area contributed by atoms with Gasteiger partial charge in [-0.15, -0.1) is 0 Å². The summed E-state index contributed by atoms with van der Waals surface area (Å²) in [5.41, 5.74) is 1.36. The maximum Gasteiger partial charge on any atom is 0.308 e. The maximum absolute atomic E-state index is 11.0. The Morgan fingerprint density at radius 1 is 1.00 bits per heavy atom. The molecule has 0 radical (unpaired) electrons. The second-order valence-electron chi connectivity index (χ2n) is 5.09. The van der Waals surface area contributed by atoms with E-state index in [0.717, 1.165) is 10.9 Å². The molecule has 0 saturated heterocycles. The van der Waals surface area contributed by atoms with Crippen molar-refractivity contribution < 1.29 is 19.1 Å². The topological polar surface area (TPSA) is 70.4 Å². The molecule has 0 aliphatic carbocycles. The van der Waals surface area contributed by atoms with Gasteiger partial charge in [-0.2, -0.15) is 5.10 Å². The molecule has 7 heteroatoms. The lowest BCUT2D eigenvalue weighted by Gasteiger charge is -2.06. The summed E-state index contributed by atoms with van der Waals surface area (Å²) in [6.45, 7) is 2.67. The quantitative estimate of drug-likeness (QED) is 0.537. The molecule has 0 amide bonds. The zero-order chi connectivity index (χ0) is 17.3. The van der Waals surface area contributed by atoms with E-state index in [9.17, 15) is 9.59 Å². The number of carbonyl (C=O) groups is 2. The molecule has 0 fully saturated rings. The van der Waals surface area contributed by atoms with Crippen molar-refractivity contribution in [3.8, 4) is 17.2 Å². The van der Waals surface area contributed by atoms with Crippen LogP contribution in [0.4, 0.5) is 0 Å². The summed E-state index contributed by atoms with van der Waals surface area (Å²) in [5.74, 6) is 0.0171. The fraction of sp³-hybridized carbons (Fsp3) is 0.118. The van der Waals surface area contributed by atoms with Gasteiger partial charge in [0.15, 0.2) is 0 Å². The number of hydrogen-bond donors (Lipinski definition) is 0. The molecular weight excluding hydrogens is 332 g/mol. The Bertz CT molecular complexity index is 949. The van der Waals surface area contributed by atoms with E-state index in [2.05, 4.69) is 5.10 Å². The Hall–Kier alpha value is -2.86. The van der Waals surface area contributed by atoms with Crippen LogP contribution in [0.25, 0.3) is 16.6 Å². The van der Waals surface area contributed by atoms with Crippen molar-refractivity contribution in [3.05, 3.63) is 47.6 Å². The molecule has 122 valence electrons. The number of halogens is 1. The predicted octanol–water partition coefficient (Wildman–Crippen LogP) is 3.53. The van der Waals surface area contributed by atoms with Crippen LogP contribution in [0.15, 0.2) is 42.6 Å². The van der Waals surface area contributed by atoms with Gasteiger partial charge in [0.05, 0.1) is 16.2 Å². The molecule has 6 nitrogen and oxygen atoms in total. The number of esters is 2. The van der Waals surface area contributed by atoms with Gasteiger partial charge in [-0.25, -0.2) is 4.68 Å². The minimum absolute atomic E-state index is 0.366. The molecule has 0 bridgehead atoms. The largest absolute Gasteiger partial charge is 0.427 e. The first kappa shape index (κ1) is 16.0. The van der Waals surface area contributed by atoms with Crippen molar-refractivity contribution in [2.24, 2.45) is 0 Å². The fourth-order valence-corrected chi connectivity index (χ4v) is 2.52. The molecule has 0 atom stereocenters. The second-order valence-corrected chi connectivity index (χ2v) is 5.50. The minimum atomic E-state index is -0.415. The van der Waals surface area contributed by atoms with Crippen LogP contribution in [-0.4, -0.2) is 21.7 Å². The number of fused-ring (bicyclic) bond motifs is 1. The molecule has 2 aromatic carbocycles. The average Bonchev–Trinajstić information content (AvgIpc) is 2.88. The maximum atomic E-state index is 11.0. The van der Waals surface area contributed by atoms with Gasteiger partial charge in [-0.3, -0.25) is 9.59 Å². The highest BCUT2D eigenvalue weighted by molar-refractivity contribution is 6.32. The highest BCUT2D eigenvalue weighted by Crippen LogP contribution is 2.28. The number of benzene rings is 2. The van der Waals surface area contributed by atoms with Crippen molar-refractivity contribution in [1.29, 1.82) is 0 Å². The number of ether oxygens (including phenoxy) is 2.